The fraction of sp³-hybridized carbons (Fsp3) is 0.429. The minimum absolute atomic E-state index is 0.209. The molecule has 1 saturated heterocycles. The maximum atomic E-state index is 13.6. The molecule has 198 valence electrons. The molecule has 9 heteroatoms. The van der Waals surface area contributed by atoms with Crippen LogP contribution in [0, 0.1) is 11.7 Å². The van der Waals surface area contributed by atoms with Crippen LogP contribution in [0.25, 0.3) is 10.9 Å². The van der Waals surface area contributed by atoms with Crippen LogP contribution in [0.5, 0.6) is 0 Å². The number of ether oxygens (including phenoxy) is 3. The monoisotopic (exact) mass is 511 g/mol. The number of carbonyl (C=O) groups excluding carboxylic acids is 2. The van der Waals surface area contributed by atoms with Gasteiger partial charge < -0.3 is 29.4 Å². The Morgan fingerprint density at radius 1 is 1.14 bits per heavy atom. The van der Waals surface area contributed by atoms with Crippen molar-refractivity contribution in [2.24, 2.45) is 5.92 Å². The summed E-state index contributed by atoms with van der Waals surface area (Å²) >= 11 is 0. The number of aromatic amines is 1. The summed E-state index contributed by atoms with van der Waals surface area (Å²) < 4.78 is 30.1. The largest absolute Gasteiger partial charge is 0.462 e. The average Bonchev–Trinajstić information content (AvgIpc) is 3.32. The van der Waals surface area contributed by atoms with E-state index in [0.717, 1.165) is 31.5 Å². The number of carbonyl (C=O) groups is 2. The third kappa shape index (κ3) is 7.77. The van der Waals surface area contributed by atoms with Gasteiger partial charge in [-0.1, -0.05) is 30.3 Å². The number of fused-ring (bicyclic) bond motifs is 1. The smallest absolute Gasteiger partial charge is 0.407 e. The Bertz CT molecular complexity index is 1160. The number of amides is 1. The van der Waals surface area contributed by atoms with Crippen LogP contribution in [-0.4, -0.2) is 67.4 Å². The second-order valence-electron chi connectivity index (χ2n) is 9.30. The number of likely N-dealkylation sites (tertiary alicyclic amines) is 1. The first-order valence-corrected chi connectivity index (χ1v) is 12.7. The van der Waals surface area contributed by atoms with Crippen molar-refractivity contribution in [1.82, 2.24) is 15.2 Å². The molecule has 4 rings (SSSR count). The van der Waals surface area contributed by atoms with Gasteiger partial charge in [0.15, 0.2) is 0 Å². The van der Waals surface area contributed by atoms with Crippen molar-refractivity contribution in [3.05, 3.63) is 71.7 Å². The Balaban J connectivity index is 1.23. The topological polar surface area (TPSA) is 92.9 Å². The molecule has 0 radical (unpaired) electrons. The van der Waals surface area contributed by atoms with E-state index in [1.807, 2.05) is 30.3 Å². The van der Waals surface area contributed by atoms with Crippen molar-refractivity contribution in [3.63, 3.8) is 0 Å². The molecule has 1 amide bonds. The Labute approximate surface area is 216 Å². The molecule has 1 atom stereocenters. The number of piperidine rings is 1. The number of hydrogen-bond donors (Lipinski definition) is 2. The molecule has 0 bridgehead atoms. The average molecular weight is 512 g/mol. The predicted octanol–water partition coefficient (Wildman–Crippen LogP) is 4.51. The highest BCUT2D eigenvalue weighted by molar-refractivity contribution is 6.04. The first kappa shape index (κ1) is 26.6. The Morgan fingerprint density at radius 3 is 2.68 bits per heavy atom. The van der Waals surface area contributed by atoms with Gasteiger partial charge in [0.05, 0.1) is 38.0 Å². The van der Waals surface area contributed by atoms with E-state index in [-0.39, 0.29) is 12.0 Å². The molecule has 1 aliphatic heterocycles. The van der Waals surface area contributed by atoms with Crippen molar-refractivity contribution < 1.29 is 28.2 Å². The van der Waals surface area contributed by atoms with Crippen molar-refractivity contribution in [1.29, 1.82) is 0 Å². The molecule has 1 aliphatic rings. The van der Waals surface area contributed by atoms with Gasteiger partial charge in [0.25, 0.3) is 0 Å². The van der Waals surface area contributed by atoms with Crippen molar-refractivity contribution in [3.8, 4) is 0 Å². The molecule has 0 spiro atoms. The van der Waals surface area contributed by atoms with Gasteiger partial charge in [0, 0.05) is 23.6 Å². The standard InChI is InChI=1S/C28H34FN3O5/c1-2-36-28(34)31-23(19-35-17-20-6-4-3-5-7-20)16-32-12-10-21(11-13-32)18-37-27(33)25-15-30-26-9-8-22(29)14-24(25)26/h3-9,14-15,21,23,30H,2,10-13,16-19H2,1H3,(H,31,34)/t23-/m0/s1. The van der Waals surface area contributed by atoms with Gasteiger partial charge in [-0.2, -0.15) is 0 Å². The van der Waals surface area contributed by atoms with Gasteiger partial charge in [-0.3, -0.25) is 0 Å². The van der Waals surface area contributed by atoms with Gasteiger partial charge in [-0.05, 0) is 62.5 Å². The van der Waals surface area contributed by atoms with Crippen LogP contribution in [0.15, 0.2) is 54.7 Å². The molecule has 2 aromatic carbocycles. The summed E-state index contributed by atoms with van der Waals surface area (Å²) in [5.74, 6) is -0.601. The highest BCUT2D eigenvalue weighted by Gasteiger charge is 2.25. The highest BCUT2D eigenvalue weighted by Crippen LogP contribution is 2.22. The lowest BCUT2D eigenvalue weighted by molar-refractivity contribution is 0.0350. The summed E-state index contributed by atoms with van der Waals surface area (Å²) in [6, 6.07) is 14.0. The fourth-order valence-electron chi connectivity index (χ4n) is 4.55. The predicted molar refractivity (Wildman–Crippen MR) is 138 cm³/mol. The number of hydrogen-bond acceptors (Lipinski definition) is 6. The number of nitrogens with zero attached hydrogens (tertiary/aromatic N) is 1. The Morgan fingerprint density at radius 2 is 1.92 bits per heavy atom. The maximum absolute atomic E-state index is 13.6. The number of aromatic nitrogens is 1. The summed E-state index contributed by atoms with van der Waals surface area (Å²) in [4.78, 5) is 29.9. The van der Waals surface area contributed by atoms with Crippen LogP contribution in [0.3, 0.4) is 0 Å². The third-order valence-corrected chi connectivity index (χ3v) is 6.53. The Kier molecular flexibility index (Phi) is 9.51. The van der Waals surface area contributed by atoms with Crippen LogP contribution in [0.4, 0.5) is 9.18 Å². The number of rotatable bonds is 11. The number of esters is 1. The molecule has 0 unspecified atom stereocenters. The molecular formula is C28H34FN3O5. The van der Waals surface area contributed by atoms with E-state index >= 15 is 0 Å². The lowest BCUT2D eigenvalue weighted by atomic mass is 9.97. The van der Waals surface area contributed by atoms with E-state index in [2.05, 4.69) is 15.2 Å². The van der Waals surface area contributed by atoms with Gasteiger partial charge in [-0.25, -0.2) is 14.0 Å². The molecule has 0 saturated carbocycles. The minimum atomic E-state index is -0.450. The summed E-state index contributed by atoms with van der Waals surface area (Å²) in [6.07, 6.45) is 2.85. The van der Waals surface area contributed by atoms with Gasteiger partial charge in [0.2, 0.25) is 0 Å². The van der Waals surface area contributed by atoms with Crippen LogP contribution in [-0.2, 0) is 20.8 Å². The number of benzene rings is 2. The summed E-state index contributed by atoms with van der Waals surface area (Å²) in [5.41, 5.74) is 2.11. The van der Waals surface area contributed by atoms with E-state index in [4.69, 9.17) is 14.2 Å². The number of halogens is 1. The lowest BCUT2D eigenvalue weighted by Crippen LogP contribution is -2.48. The Hall–Kier alpha value is -3.43. The van der Waals surface area contributed by atoms with E-state index < -0.39 is 17.9 Å². The first-order chi connectivity index (χ1) is 18.0. The number of nitrogens with one attached hydrogen (secondary N) is 2. The molecule has 8 nitrogen and oxygen atoms in total. The molecule has 2 heterocycles. The highest BCUT2D eigenvalue weighted by atomic mass is 19.1. The molecule has 2 N–H and O–H groups in total. The van der Waals surface area contributed by atoms with E-state index in [1.54, 1.807) is 19.2 Å². The molecule has 0 aliphatic carbocycles. The second-order valence-corrected chi connectivity index (χ2v) is 9.30. The molecule has 3 aromatic rings. The van der Waals surface area contributed by atoms with Gasteiger partial charge in [0.1, 0.15) is 5.82 Å². The van der Waals surface area contributed by atoms with Crippen molar-refractivity contribution in [2.45, 2.75) is 32.4 Å². The third-order valence-electron chi connectivity index (χ3n) is 6.53. The molecule has 37 heavy (non-hydrogen) atoms. The van der Waals surface area contributed by atoms with Gasteiger partial charge in [-0.15, -0.1) is 0 Å². The number of H-pyrrole nitrogens is 1. The normalized spacial score (nSPS) is 15.4. The summed E-state index contributed by atoms with van der Waals surface area (Å²) in [6.45, 7) is 5.52. The minimum Gasteiger partial charge on any atom is -0.462 e. The van der Waals surface area contributed by atoms with Crippen LogP contribution in [0.1, 0.15) is 35.7 Å². The zero-order valence-corrected chi connectivity index (χ0v) is 21.1. The second kappa shape index (κ2) is 13.2. The maximum Gasteiger partial charge on any atom is 0.407 e. The SMILES string of the molecule is CCOC(=O)N[C@H](COCc1ccccc1)CN1CCC(COC(=O)c2c[nH]c3ccc(F)cc23)CC1. The van der Waals surface area contributed by atoms with Crippen LogP contribution < -0.4 is 5.32 Å². The van der Waals surface area contributed by atoms with E-state index in [0.29, 0.717) is 49.4 Å². The molecular weight excluding hydrogens is 477 g/mol. The summed E-state index contributed by atoms with van der Waals surface area (Å²) in [7, 11) is 0. The van der Waals surface area contributed by atoms with Crippen molar-refractivity contribution >= 4 is 23.0 Å². The van der Waals surface area contributed by atoms with Gasteiger partial charge >= 0.3 is 12.1 Å². The lowest BCUT2D eigenvalue weighted by Gasteiger charge is -2.34. The van der Waals surface area contributed by atoms with E-state index in [9.17, 15) is 14.0 Å². The zero-order valence-electron chi connectivity index (χ0n) is 21.1. The summed E-state index contributed by atoms with van der Waals surface area (Å²) in [5, 5.41) is 3.43. The molecule has 1 aromatic heterocycles. The first-order valence-electron chi connectivity index (χ1n) is 12.7. The molecule has 1 fully saturated rings. The van der Waals surface area contributed by atoms with Crippen molar-refractivity contribution in [2.75, 3.05) is 39.5 Å². The van der Waals surface area contributed by atoms with E-state index in [1.165, 1.54) is 12.1 Å². The quantitative estimate of drug-likeness (QED) is 0.368. The fourth-order valence-corrected chi connectivity index (χ4v) is 4.55. The number of alkyl carbamates (subject to hydrolysis) is 1. The van der Waals surface area contributed by atoms with Crippen LogP contribution >= 0.6 is 0 Å². The van der Waals surface area contributed by atoms with Crippen LogP contribution in [0.2, 0.25) is 0 Å². The zero-order chi connectivity index (χ0) is 26.0.